The number of likely N-dealkylation sites (N-methyl/N-ethyl adjacent to an activating group) is 1. The van der Waals surface area contributed by atoms with Gasteiger partial charge in [0.2, 0.25) is 5.91 Å². The maximum absolute atomic E-state index is 12.5. The van der Waals surface area contributed by atoms with Gasteiger partial charge < -0.3 is 20.5 Å². The molecule has 2 aromatic rings. The van der Waals surface area contributed by atoms with Gasteiger partial charge in [0.1, 0.15) is 12.6 Å². The average molecular weight is 469 g/mol. The molecule has 0 aromatic heterocycles. The molecule has 1 aliphatic rings. The molecule has 3 rings (SSSR count). The predicted molar refractivity (Wildman–Crippen MR) is 122 cm³/mol. The molecule has 1 unspecified atom stereocenters. The molecule has 0 saturated carbocycles. The van der Waals surface area contributed by atoms with Gasteiger partial charge in [0, 0.05) is 19.4 Å². The number of hydrogen-bond acceptors (Lipinski definition) is 6. The van der Waals surface area contributed by atoms with Crippen LogP contribution in [0.5, 0.6) is 0 Å². The van der Waals surface area contributed by atoms with Crippen molar-refractivity contribution in [1.82, 2.24) is 15.7 Å². The van der Waals surface area contributed by atoms with Crippen LogP contribution in [0.4, 0.5) is 4.79 Å². The van der Waals surface area contributed by atoms with Crippen molar-refractivity contribution in [2.75, 3.05) is 27.3 Å². The molecule has 0 radical (unpaired) electrons. The lowest BCUT2D eigenvalue weighted by Crippen LogP contribution is -2.49. The number of nitrogens with one attached hydrogen (secondary N) is 2. The largest absolute Gasteiger partial charge is 0.481 e. The number of carbonyl (C=O) groups excluding carboxylic acids is 3. The molecule has 0 heterocycles. The standard InChI is InChI=1S/C24H27N3O7/c1-27(33-2)21(28)13-25-23(31)20(11-12-22(29)30)26-24(32)34-14-19-17-9-5-3-7-15(17)16-8-4-6-10-18(16)19/h3-10,19-20H,11-14H2,1-2H3,(H,25,31)(H,26,32)(H,29,30). The van der Waals surface area contributed by atoms with Crippen LogP contribution in [0.1, 0.15) is 29.9 Å². The number of hydroxylamine groups is 2. The van der Waals surface area contributed by atoms with Crippen LogP contribution in [0, 0.1) is 0 Å². The third kappa shape index (κ3) is 5.90. The lowest BCUT2D eigenvalue weighted by atomic mass is 9.98. The first-order chi connectivity index (χ1) is 16.3. The van der Waals surface area contributed by atoms with E-state index in [4.69, 9.17) is 14.7 Å². The molecule has 1 aliphatic carbocycles. The van der Waals surface area contributed by atoms with E-state index in [0.29, 0.717) is 0 Å². The molecule has 0 saturated heterocycles. The number of amides is 3. The summed E-state index contributed by atoms with van der Waals surface area (Å²) in [5.74, 6) is -2.50. The zero-order valence-electron chi connectivity index (χ0n) is 18.9. The molecule has 34 heavy (non-hydrogen) atoms. The van der Waals surface area contributed by atoms with E-state index in [0.717, 1.165) is 27.3 Å². The van der Waals surface area contributed by atoms with Crippen LogP contribution in [0.15, 0.2) is 48.5 Å². The highest BCUT2D eigenvalue weighted by Gasteiger charge is 2.30. The summed E-state index contributed by atoms with van der Waals surface area (Å²) < 4.78 is 5.44. The number of fused-ring (bicyclic) bond motifs is 3. The normalized spacial score (nSPS) is 12.8. The topological polar surface area (TPSA) is 134 Å². The Morgan fingerprint density at radius 3 is 2.18 bits per heavy atom. The van der Waals surface area contributed by atoms with E-state index < -0.39 is 29.9 Å². The van der Waals surface area contributed by atoms with Gasteiger partial charge in [-0.15, -0.1) is 0 Å². The summed E-state index contributed by atoms with van der Waals surface area (Å²) >= 11 is 0. The Morgan fingerprint density at radius 2 is 1.62 bits per heavy atom. The molecular formula is C24H27N3O7. The van der Waals surface area contributed by atoms with Gasteiger partial charge in [0.15, 0.2) is 0 Å². The quantitative estimate of drug-likeness (QED) is 0.453. The second-order valence-corrected chi connectivity index (χ2v) is 7.75. The van der Waals surface area contributed by atoms with Gasteiger partial charge in [0.25, 0.3) is 5.91 Å². The third-order valence-corrected chi connectivity index (χ3v) is 5.64. The Labute approximate surface area is 196 Å². The van der Waals surface area contributed by atoms with Crippen LogP contribution < -0.4 is 10.6 Å². The fourth-order valence-electron chi connectivity index (χ4n) is 3.82. The van der Waals surface area contributed by atoms with Crippen molar-refractivity contribution >= 4 is 23.9 Å². The molecule has 3 amide bonds. The molecule has 2 aromatic carbocycles. The maximum atomic E-state index is 12.5. The minimum Gasteiger partial charge on any atom is -0.481 e. The summed E-state index contributed by atoms with van der Waals surface area (Å²) in [6.45, 7) is -0.330. The van der Waals surface area contributed by atoms with Gasteiger partial charge >= 0.3 is 12.1 Å². The molecule has 1 atom stereocenters. The van der Waals surface area contributed by atoms with E-state index in [1.165, 1.54) is 14.2 Å². The number of nitrogens with zero attached hydrogens (tertiary/aromatic N) is 1. The molecule has 10 heteroatoms. The van der Waals surface area contributed by atoms with E-state index in [9.17, 15) is 19.2 Å². The molecule has 0 spiro atoms. The Kier molecular flexibility index (Phi) is 8.20. The van der Waals surface area contributed by atoms with Crippen LogP contribution >= 0.6 is 0 Å². The Bertz CT molecular complexity index is 1030. The first kappa shape index (κ1) is 24.7. The highest BCUT2D eigenvalue weighted by molar-refractivity contribution is 5.89. The van der Waals surface area contributed by atoms with Crippen molar-refractivity contribution in [2.45, 2.75) is 24.8 Å². The van der Waals surface area contributed by atoms with E-state index in [2.05, 4.69) is 10.6 Å². The monoisotopic (exact) mass is 469 g/mol. The minimum atomic E-state index is -1.19. The fraction of sp³-hybridized carbons (Fsp3) is 0.333. The number of carboxylic acids is 1. The average Bonchev–Trinajstić information content (AvgIpc) is 3.16. The van der Waals surface area contributed by atoms with E-state index in [1.54, 1.807) is 0 Å². The second-order valence-electron chi connectivity index (χ2n) is 7.75. The molecule has 0 bridgehead atoms. The van der Waals surface area contributed by atoms with E-state index >= 15 is 0 Å². The maximum Gasteiger partial charge on any atom is 0.407 e. The van der Waals surface area contributed by atoms with Crippen LogP contribution in [-0.2, 0) is 24.0 Å². The van der Waals surface area contributed by atoms with Gasteiger partial charge in [0.05, 0.1) is 13.7 Å². The van der Waals surface area contributed by atoms with Crippen molar-refractivity contribution in [3.8, 4) is 11.1 Å². The number of carboxylic acid groups (broad SMARTS) is 1. The minimum absolute atomic E-state index is 0.0459. The summed E-state index contributed by atoms with van der Waals surface area (Å²) in [7, 11) is 2.68. The molecule has 10 nitrogen and oxygen atoms in total. The summed E-state index contributed by atoms with van der Waals surface area (Å²) in [4.78, 5) is 52.6. The molecule has 0 fully saturated rings. The number of ether oxygens (including phenoxy) is 1. The summed E-state index contributed by atoms with van der Waals surface area (Å²) in [5, 5.41) is 14.7. The van der Waals surface area contributed by atoms with Gasteiger partial charge in [-0.25, -0.2) is 9.86 Å². The molecule has 180 valence electrons. The number of rotatable bonds is 10. The van der Waals surface area contributed by atoms with Crippen LogP contribution in [-0.4, -0.2) is 67.4 Å². The highest BCUT2D eigenvalue weighted by atomic mass is 16.7. The van der Waals surface area contributed by atoms with Crippen molar-refractivity contribution in [1.29, 1.82) is 0 Å². The first-order valence-corrected chi connectivity index (χ1v) is 10.7. The Hall–Kier alpha value is -3.92. The van der Waals surface area contributed by atoms with Gasteiger partial charge in [-0.3, -0.25) is 19.2 Å². The number of carbonyl (C=O) groups is 4. The summed E-state index contributed by atoms with van der Waals surface area (Å²) in [6.07, 6.45) is -1.37. The fourth-order valence-corrected chi connectivity index (χ4v) is 3.82. The Morgan fingerprint density at radius 1 is 1.03 bits per heavy atom. The van der Waals surface area contributed by atoms with Gasteiger partial charge in [-0.1, -0.05) is 48.5 Å². The summed E-state index contributed by atoms with van der Waals surface area (Å²) in [5.41, 5.74) is 4.24. The summed E-state index contributed by atoms with van der Waals surface area (Å²) in [6, 6.07) is 14.6. The smallest absolute Gasteiger partial charge is 0.407 e. The molecule has 0 aliphatic heterocycles. The lowest BCUT2D eigenvalue weighted by molar-refractivity contribution is -0.168. The SMILES string of the molecule is CON(C)C(=O)CNC(=O)C(CCC(=O)O)NC(=O)OCC1c2ccccc2-c2ccccc21. The number of benzene rings is 2. The first-order valence-electron chi connectivity index (χ1n) is 10.7. The highest BCUT2D eigenvalue weighted by Crippen LogP contribution is 2.44. The van der Waals surface area contributed by atoms with Crippen molar-refractivity contribution < 1.29 is 33.9 Å². The van der Waals surface area contributed by atoms with E-state index in [-0.39, 0.29) is 31.9 Å². The van der Waals surface area contributed by atoms with Crippen LogP contribution in [0.3, 0.4) is 0 Å². The predicted octanol–water partition coefficient (Wildman–Crippen LogP) is 1.89. The number of alkyl carbamates (subject to hydrolysis) is 1. The van der Waals surface area contributed by atoms with Crippen LogP contribution in [0.2, 0.25) is 0 Å². The van der Waals surface area contributed by atoms with Crippen molar-refractivity contribution in [2.24, 2.45) is 0 Å². The zero-order valence-corrected chi connectivity index (χ0v) is 18.9. The van der Waals surface area contributed by atoms with Gasteiger partial charge in [-0.05, 0) is 28.7 Å². The zero-order chi connectivity index (χ0) is 24.7. The number of aliphatic carboxylic acids is 1. The Balaban J connectivity index is 1.62. The van der Waals surface area contributed by atoms with Crippen molar-refractivity contribution in [3.63, 3.8) is 0 Å². The van der Waals surface area contributed by atoms with E-state index in [1.807, 2.05) is 48.5 Å². The lowest BCUT2D eigenvalue weighted by Gasteiger charge is -2.20. The second kappa shape index (κ2) is 11.3. The third-order valence-electron chi connectivity index (χ3n) is 5.64. The molecule has 3 N–H and O–H groups in total. The van der Waals surface area contributed by atoms with Crippen LogP contribution in [0.25, 0.3) is 11.1 Å². The number of hydrogen-bond donors (Lipinski definition) is 3. The molecular weight excluding hydrogens is 442 g/mol. The van der Waals surface area contributed by atoms with Gasteiger partial charge in [-0.2, -0.15) is 0 Å². The van der Waals surface area contributed by atoms with Crippen molar-refractivity contribution in [3.05, 3.63) is 59.7 Å².